The van der Waals surface area contributed by atoms with Gasteiger partial charge in [-0.1, -0.05) is 12.1 Å². The standard InChI is InChI=1S/C16H26N2O2S/c1-12(18(2)15-8-6-14(17)7-9-15)13-4-10-16(11-5-13)21(3,19)20/h4-5,10-12,14-15H,6-9,17H2,1-3H3. The van der Waals surface area contributed by atoms with Crippen LogP contribution in [0, 0.1) is 0 Å². The Bertz CT molecular complexity index is 560. The van der Waals surface area contributed by atoms with Gasteiger partial charge in [0.2, 0.25) is 0 Å². The van der Waals surface area contributed by atoms with E-state index in [1.807, 2.05) is 12.1 Å². The summed E-state index contributed by atoms with van der Waals surface area (Å²) < 4.78 is 23.0. The zero-order valence-electron chi connectivity index (χ0n) is 13.1. The minimum Gasteiger partial charge on any atom is -0.328 e. The van der Waals surface area contributed by atoms with Crippen molar-refractivity contribution < 1.29 is 8.42 Å². The Morgan fingerprint density at radius 2 is 1.67 bits per heavy atom. The van der Waals surface area contributed by atoms with Gasteiger partial charge in [-0.25, -0.2) is 8.42 Å². The molecule has 0 aliphatic heterocycles. The molecule has 1 fully saturated rings. The average molecular weight is 310 g/mol. The Morgan fingerprint density at radius 1 is 1.14 bits per heavy atom. The summed E-state index contributed by atoms with van der Waals surface area (Å²) in [5.41, 5.74) is 7.12. The van der Waals surface area contributed by atoms with Gasteiger partial charge in [-0.05, 0) is 57.4 Å². The lowest BCUT2D eigenvalue weighted by Gasteiger charge is -2.37. The van der Waals surface area contributed by atoms with Crippen molar-refractivity contribution >= 4 is 9.84 Å². The minimum atomic E-state index is -3.12. The predicted octanol–water partition coefficient (Wildman–Crippen LogP) is 2.35. The Balaban J connectivity index is 2.07. The molecule has 0 radical (unpaired) electrons. The number of hydrogen-bond acceptors (Lipinski definition) is 4. The van der Waals surface area contributed by atoms with Crippen LogP contribution in [0.4, 0.5) is 0 Å². The van der Waals surface area contributed by atoms with E-state index >= 15 is 0 Å². The van der Waals surface area contributed by atoms with Crippen LogP contribution in [-0.2, 0) is 9.84 Å². The molecular formula is C16H26N2O2S. The molecule has 2 rings (SSSR count). The normalized spacial score (nSPS) is 25.0. The molecule has 21 heavy (non-hydrogen) atoms. The van der Waals surface area contributed by atoms with Crippen molar-refractivity contribution in [3.63, 3.8) is 0 Å². The fraction of sp³-hybridized carbons (Fsp3) is 0.625. The van der Waals surface area contributed by atoms with Crippen LogP contribution in [0.5, 0.6) is 0 Å². The highest BCUT2D eigenvalue weighted by molar-refractivity contribution is 7.90. The second-order valence-electron chi connectivity index (χ2n) is 6.25. The summed E-state index contributed by atoms with van der Waals surface area (Å²) in [6.45, 7) is 2.17. The molecule has 0 spiro atoms. The quantitative estimate of drug-likeness (QED) is 0.927. The van der Waals surface area contributed by atoms with Gasteiger partial charge < -0.3 is 5.73 Å². The lowest BCUT2D eigenvalue weighted by atomic mass is 9.90. The first-order valence-corrected chi connectivity index (χ1v) is 9.45. The summed E-state index contributed by atoms with van der Waals surface area (Å²) in [5.74, 6) is 0. The molecule has 0 bridgehead atoms. The van der Waals surface area contributed by atoms with E-state index in [1.165, 1.54) is 6.26 Å². The van der Waals surface area contributed by atoms with Crippen LogP contribution in [0.1, 0.15) is 44.2 Å². The molecule has 1 aliphatic carbocycles. The molecule has 1 aromatic carbocycles. The molecule has 1 aromatic rings. The van der Waals surface area contributed by atoms with Gasteiger partial charge in [0.25, 0.3) is 0 Å². The molecule has 1 saturated carbocycles. The second-order valence-corrected chi connectivity index (χ2v) is 8.27. The van der Waals surface area contributed by atoms with Gasteiger partial charge in [-0.3, -0.25) is 4.90 Å². The molecule has 1 unspecified atom stereocenters. The summed E-state index contributed by atoms with van der Waals surface area (Å²) in [4.78, 5) is 2.77. The molecule has 0 saturated heterocycles. The maximum absolute atomic E-state index is 11.5. The first kappa shape index (κ1) is 16.5. The molecule has 5 heteroatoms. The average Bonchev–Trinajstić information content (AvgIpc) is 2.46. The molecule has 1 atom stereocenters. The smallest absolute Gasteiger partial charge is 0.175 e. The molecule has 118 valence electrons. The van der Waals surface area contributed by atoms with Crippen LogP contribution >= 0.6 is 0 Å². The van der Waals surface area contributed by atoms with Crippen LogP contribution in [-0.4, -0.2) is 38.7 Å². The number of hydrogen-bond donors (Lipinski definition) is 1. The van der Waals surface area contributed by atoms with Crippen molar-refractivity contribution in [1.82, 2.24) is 4.90 Å². The van der Waals surface area contributed by atoms with Gasteiger partial charge in [0.1, 0.15) is 0 Å². The maximum Gasteiger partial charge on any atom is 0.175 e. The first-order chi connectivity index (χ1) is 9.79. The lowest BCUT2D eigenvalue weighted by molar-refractivity contribution is 0.140. The van der Waals surface area contributed by atoms with Gasteiger partial charge in [-0.2, -0.15) is 0 Å². The van der Waals surface area contributed by atoms with E-state index < -0.39 is 9.84 Å². The number of sulfone groups is 1. The van der Waals surface area contributed by atoms with Crippen LogP contribution in [0.3, 0.4) is 0 Å². The number of nitrogens with zero attached hydrogens (tertiary/aromatic N) is 1. The van der Waals surface area contributed by atoms with E-state index in [-0.39, 0.29) is 6.04 Å². The van der Waals surface area contributed by atoms with Crippen molar-refractivity contribution in [3.8, 4) is 0 Å². The van der Waals surface area contributed by atoms with E-state index in [1.54, 1.807) is 12.1 Å². The van der Waals surface area contributed by atoms with Crippen LogP contribution in [0.25, 0.3) is 0 Å². The summed E-state index contributed by atoms with van der Waals surface area (Å²) in [5, 5.41) is 0. The number of rotatable bonds is 4. The van der Waals surface area contributed by atoms with Crippen molar-refractivity contribution in [2.75, 3.05) is 13.3 Å². The monoisotopic (exact) mass is 310 g/mol. The fourth-order valence-electron chi connectivity index (χ4n) is 3.05. The molecule has 0 amide bonds. The Morgan fingerprint density at radius 3 is 2.14 bits per heavy atom. The third kappa shape index (κ3) is 4.05. The molecule has 1 aliphatic rings. The minimum absolute atomic E-state index is 0.276. The van der Waals surface area contributed by atoms with Crippen LogP contribution in [0.15, 0.2) is 29.2 Å². The van der Waals surface area contributed by atoms with Crippen LogP contribution in [0.2, 0.25) is 0 Å². The molecule has 0 heterocycles. The molecule has 0 aromatic heterocycles. The number of nitrogens with two attached hydrogens (primary N) is 1. The SMILES string of the molecule is CC(c1ccc(S(C)(=O)=O)cc1)N(C)C1CCC(N)CC1. The highest BCUT2D eigenvalue weighted by atomic mass is 32.2. The maximum atomic E-state index is 11.5. The topological polar surface area (TPSA) is 63.4 Å². The summed E-state index contributed by atoms with van der Waals surface area (Å²) in [7, 11) is -0.970. The molecule has 4 nitrogen and oxygen atoms in total. The van der Waals surface area contributed by atoms with Crippen molar-refractivity contribution in [2.45, 2.75) is 55.6 Å². The Kier molecular flexibility index (Phi) is 5.07. The van der Waals surface area contributed by atoms with Crippen molar-refractivity contribution in [3.05, 3.63) is 29.8 Å². The third-order valence-corrected chi connectivity index (χ3v) is 5.85. The van der Waals surface area contributed by atoms with Crippen molar-refractivity contribution in [1.29, 1.82) is 0 Å². The summed E-state index contributed by atoms with van der Waals surface area (Å²) in [6, 6.07) is 8.45. The van der Waals surface area contributed by atoms with E-state index in [0.717, 1.165) is 31.2 Å². The number of benzene rings is 1. The molecule has 2 N–H and O–H groups in total. The third-order valence-electron chi connectivity index (χ3n) is 4.72. The lowest BCUT2D eigenvalue weighted by Crippen LogP contribution is -2.39. The largest absolute Gasteiger partial charge is 0.328 e. The zero-order valence-corrected chi connectivity index (χ0v) is 13.9. The van der Waals surface area contributed by atoms with E-state index in [4.69, 9.17) is 5.73 Å². The van der Waals surface area contributed by atoms with Gasteiger partial charge >= 0.3 is 0 Å². The Hall–Kier alpha value is -0.910. The second kappa shape index (κ2) is 6.46. The van der Waals surface area contributed by atoms with Crippen molar-refractivity contribution in [2.24, 2.45) is 5.73 Å². The zero-order chi connectivity index (χ0) is 15.6. The highest BCUT2D eigenvalue weighted by Crippen LogP contribution is 2.28. The highest BCUT2D eigenvalue weighted by Gasteiger charge is 2.25. The fourth-order valence-corrected chi connectivity index (χ4v) is 3.68. The van der Waals surface area contributed by atoms with E-state index in [9.17, 15) is 8.42 Å². The predicted molar refractivity (Wildman–Crippen MR) is 86.0 cm³/mol. The van der Waals surface area contributed by atoms with Crippen LogP contribution < -0.4 is 5.73 Å². The van der Waals surface area contributed by atoms with Gasteiger partial charge in [0.05, 0.1) is 4.90 Å². The summed E-state index contributed by atoms with van der Waals surface area (Å²) >= 11 is 0. The summed E-state index contributed by atoms with van der Waals surface area (Å²) in [6.07, 6.45) is 5.71. The van der Waals surface area contributed by atoms with Gasteiger partial charge in [-0.15, -0.1) is 0 Å². The van der Waals surface area contributed by atoms with Gasteiger partial charge in [0, 0.05) is 24.4 Å². The first-order valence-electron chi connectivity index (χ1n) is 7.56. The van der Waals surface area contributed by atoms with E-state index in [0.29, 0.717) is 17.0 Å². The Labute approximate surface area is 128 Å². The van der Waals surface area contributed by atoms with E-state index in [2.05, 4.69) is 18.9 Å². The van der Waals surface area contributed by atoms with Gasteiger partial charge in [0.15, 0.2) is 9.84 Å². The molecular weight excluding hydrogens is 284 g/mol.